The second-order valence-electron chi connectivity index (χ2n) is 4.18. The van der Waals surface area contributed by atoms with Crippen molar-refractivity contribution in [3.63, 3.8) is 0 Å². The number of rotatable bonds is 4. The Morgan fingerprint density at radius 1 is 1.16 bits per heavy atom. The van der Waals surface area contributed by atoms with Crippen molar-refractivity contribution in [2.45, 2.75) is 13.3 Å². The standard InChI is InChI=1S/C16H15ClO2/c1-2-19-16(18)15-9-8-14(17)11-13(15)10-12-6-4-3-5-7-12/h3-9,11H,2,10H2,1H3. The summed E-state index contributed by atoms with van der Waals surface area (Å²) in [5, 5.41) is 0.624. The van der Waals surface area contributed by atoms with Crippen LogP contribution in [0.4, 0.5) is 0 Å². The van der Waals surface area contributed by atoms with E-state index in [1.807, 2.05) is 36.4 Å². The van der Waals surface area contributed by atoms with Crippen molar-refractivity contribution in [1.82, 2.24) is 0 Å². The van der Waals surface area contributed by atoms with Crippen molar-refractivity contribution in [1.29, 1.82) is 0 Å². The summed E-state index contributed by atoms with van der Waals surface area (Å²) in [6.07, 6.45) is 0.662. The highest BCUT2D eigenvalue weighted by molar-refractivity contribution is 6.30. The number of hydrogen-bond donors (Lipinski definition) is 0. The van der Waals surface area contributed by atoms with Crippen molar-refractivity contribution < 1.29 is 9.53 Å². The molecule has 0 N–H and O–H groups in total. The van der Waals surface area contributed by atoms with Crippen molar-refractivity contribution in [2.75, 3.05) is 6.61 Å². The molecule has 0 aromatic heterocycles. The van der Waals surface area contributed by atoms with Gasteiger partial charge in [0.25, 0.3) is 0 Å². The van der Waals surface area contributed by atoms with Crippen LogP contribution in [0.5, 0.6) is 0 Å². The maximum atomic E-state index is 11.9. The first-order chi connectivity index (χ1) is 9.20. The predicted octanol–water partition coefficient (Wildman–Crippen LogP) is 4.11. The molecule has 0 fully saturated rings. The molecule has 0 aliphatic carbocycles. The second-order valence-corrected chi connectivity index (χ2v) is 4.62. The van der Waals surface area contributed by atoms with Crippen molar-refractivity contribution in [2.24, 2.45) is 0 Å². The molecular formula is C16H15ClO2. The third kappa shape index (κ3) is 3.58. The first-order valence-electron chi connectivity index (χ1n) is 6.20. The predicted molar refractivity (Wildman–Crippen MR) is 76.7 cm³/mol. The van der Waals surface area contributed by atoms with Crippen LogP contribution in [0.1, 0.15) is 28.4 Å². The molecular weight excluding hydrogens is 260 g/mol. The zero-order valence-electron chi connectivity index (χ0n) is 10.7. The van der Waals surface area contributed by atoms with E-state index < -0.39 is 0 Å². The van der Waals surface area contributed by atoms with E-state index in [0.717, 1.165) is 11.1 Å². The Bertz CT molecular complexity index is 564. The Kier molecular flexibility index (Phi) is 4.58. The fourth-order valence-electron chi connectivity index (χ4n) is 1.93. The summed E-state index contributed by atoms with van der Waals surface area (Å²) < 4.78 is 5.06. The zero-order chi connectivity index (χ0) is 13.7. The minimum absolute atomic E-state index is 0.301. The van der Waals surface area contributed by atoms with Crippen LogP contribution < -0.4 is 0 Å². The molecule has 2 aromatic rings. The van der Waals surface area contributed by atoms with Gasteiger partial charge in [0.1, 0.15) is 0 Å². The number of esters is 1. The Hall–Kier alpha value is -1.80. The van der Waals surface area contributed by atoms with Gasteiger partial charge in [0.05, 0.1) is 12.2 Å². The molecule has 0 atom stereocenters. The highest BCUT2D eigenvalue weighted by atomic mass is 35.5. The number of ether oxygens (including phenoxy) is 1. The normalized spacial score (nSPS) is 10.2. The van der Waals surface area contributed by atoms with E-state index in [2.05, 4.69) is 0 Å². The quantitative estimate of drug-likeness (QED) is 0.785. The lowest BCUT2D eigenvalue weighted by molar-refractivity contribution is 0.0525. The van der Waals surface area contributed by atoms with Crippen LogP contribution in [0.2, 0.25) is 5.02 Å². The van der Waals surface area contributed by atoms with Crippen LogP contribution >= 0.6 is 11.6 Å². The lowest BCUT2D eigenvalue weighted by atomic mass is 10.00. The van der Waals surface area contributed by atoms with Crippen LogP contribution in [0.25, 0.3) is 0 Å². The monoisotopic (exact) mass is 274 g/mol. The summed E-state index contributed by atoms with van der Waals surface area (Å²) in [7, 11) is 0. The summed E-state index contributed by atoms with van der Waals surface area (Å²) >= 11 is 6.01. The van der Waals surface area contributed by atoms with Gasteiger partial charge in [-0.2, -0.15) is 0 Å². The van der Waals surface area contributed by atoms with Gasteiger partial charge >= 0.3 is 5.97 Å². The van der Waals surface area contributed by atoms with Crippen LogP contribution in [0.3, 0.4) is 0 Å². The van der Waals surface area contributed by atoms with Crippen LogP contribution in [-0.4, -0.2) is 12.6 Å². The topological polar surface area (TPSA) is 26.3 Å². The number of halogens is 1. The van der Waals surface area contributed by atoms with Gasteiger partial charge in [-0.25, -0.2) is 4.79 Å². The molecule has 0 aliphatic rings. The van der Waals surface area contributed by atoms with Crippen molar-refractivity contribution in [3.8, 4) is 0 Å². The molecule has 0 saturated carbocycles. The number of carbonyl (C=O) groups excluding carboxylic acids is 1. The van der Waals surface area contributed by atoms with E-state index in [9.17, 15) is 4.79 Å². The van der Waals surface area contributed by atoms with Crippen LogP contribution in [-0.2, 0) is 11.2 Å². The summed E-state index contributed by atoms with van der Waals surface area (Å²) in [5.41, 5.74) is 2.60. The molecule has 0 amide bonds. The number of benzene rings is 2. The lowest BCUT2D eigenvalue weighted by Crippen LogP contribution is -2.08. The molecule has 0 saturated heterocycles. The third-order valence-corrected chi connectivity index (χ3v) is 3.04. The fraction of sp³-hybridized carbons (Fsp3) is 0.188. The summed E-state index contributed by atoms with van der Waals surface area (Å²) in [4.78, 5) is 11.9. The van der Waals surface area contributed by atoms with E-state index in [4.69, 9.17) is 16.3 Å². The van der Waals surface area contributed by atoms with E-state index in [-0.39, 0.29) is 5.97 Å². The maximum Gasteiger partial charge on any atom is 0.338 e. The van der Waals surface area contributed by atoms with Gasteiger partial charge in [0.2, 0.25) is 0 Å². The molecule has 0 spiro atoms. The zero-order valence-corrected chi connectivity index (χ0v) is 11.5. The highest BCUT2D eigenvalue weighted by Gasteiger charge is 2.13. The molecule has 0 unspecified atom stereocenters. The minimum atomic E-state index is -0.301. The van der Waals surface area contributed by atoms with E-state index in [1.165, 1.54) is 0 Å². The average molecular weight is 275 g/mol. The smallest absolute Gasteiger partial charge is 0.338 e. The summed E-state index contributed by atoms with van der Waals surface area (Å²) in [5.74, 6) is -0.301. The molecule has 2 aromatic carbocycles. The van der Waals surface area contributed by atoms with E-state index in [0.29, 0.717) is 23.6 Å². The first-order valence-corrected chi connectivity index (χ1v) is 6.58. The van der Waals surface area contributed by atoms with Crippen molar-refractivity contribution >= 4 is 17.6 Å². The summed E-state index contributed by atoms with van der Waals surface area (Å²) in [6, 6.07) is 15.2. The van der Waals surface area contributed by atoms with Gasteiger partial charge in [-0.3, -0.25) is 0 Å². The second kappa shape index (κ2) is 6.39. The van der Waals surface area contributed by atoms with Crippen LogP contribution in [0.15, 0.2) is 48.5 Å². The largest absolute Gasteiger partial charge is 0.462 e. The van der Waals surface area contributed by atoms with Gasteiger partial charge < -0.3 is 4.74 Å². The number of carbonyl (C=O) groups is 1. The Morgan fingerprint density at radius 2 is 1.89 bits per heavy atom. The van der Waals surface area contributed by atoms with E-state index in [1.54, 1.807) is 19.1 Å². The molecule has 3 heteroatoms. The molecule has 0 aliphatic heterocycles. The molecule has 0 radical (unpaired) electrons. The van der Waals surface area contributed by atoms with Gasteiger partial charge in [-0.05, 0) is 42.7 Å². The molecule has 2 rings (SSSR count). The Balaban J connectivity index is 2.32. The van der Waals surface area contributed by atoms with Gasteiger partial charge in [0.15, 0.2) is 0 Å². The minimum Gasteiger partial charge on any atom is -0.462 e. The van der Waals surface area contributed by atoms with E-state index >= 15 is 0 Å². The van der Waals surface area contributed by atoms with Gasteiger partial charge in [-0.1, -0.05) is 41.9 Å². The third-order valence-electron chi connectivity index (χ3n) is 2.80. The first kappa shape index (κ1) is 13.6. The Morgan fingerprint density at radius 3 is 2.58 bits per heavy atom. The molecule has 98 valence electrons. The van der Waals surface area contributed by atoms with Gasteiger partial charge in [0, 0.05) is 5.02 Å². The molecule has 19 heavy (non-hydrogen) atoms. The lowest BCUT2D eigenvalue weighted by Gasteiger charge is -2.09. The van der Waals surface area contributed by atoms with Crippen LogP contribution in [0, 0.1) is 0 Å². The molecule has 0 heterocycles. The van der Waals surface area contributed by atoms with Crippen molar-refractivity contribution in [3.05, 3.63) is 70.2 Å². The Labute approximate surface area is 118 Å². The SMILES string of the molecule is CCOC(=O)c1ccc(Cl)cc1Cc1ccccc1. The maximum absolute atomic E-state index is 11.9. The number of hydrogen-bond acceptors (Lipinski definition) is 2. The molecule has 0 bridgehead atoms. The molecule has 2 nitrogen and oxygen atoms in total. The summed E-state index contributed by atoms with van der Waals surface area (Å²) in [6.45, 7) is 2.16. The average Bonchev–Trinajstić information content (AvgIpc) is 2.40. The van der Waals surface area contributed by atoms with Gasteiger partial charge in [-0.15, -0.1) is 0 Å². The highest BCUT2D eigenvalue weighted by Crippen LogP contribution is 2.20. The fourth-order valence-corrected chi connectivity index (χ4v) is 2.13.